The molecule has 0 aliphatic heterocycles. The zero-order chi connectivity index (χ0) is 10.2. The molecule has 0 aromatic carbocycles. The van der Waals surface area contributed by atoms with Crippen molar-refractivity contribution in [1.29, 1.82) is 0 Å². The fourth-order valence-electron chi connectivity index (χ4n) is 1.30. The van der Waals surface area contributed by atoms with Crippen LogP contribution in [0.15, 0.2) is 18.6 Å². The molecule has 0 saturated carbocycles. The van der Waals surface area contributed by atoms with Crippen molar-refractivity contribution in [2.24, 2.45) is 0 Å². The number of hydrogen-bond donors (Lipinski definition) is 0. The van der Waals surface area contributed by atoms with Gasteiger partial charge in [0, 0.05) is 12.6 Å². The Morgan fingerprint density at radius 2 is 2.21 bits per heavy atom. The summed E-state index contributed by atoms with van der Waals surface area (Å²) in [5.74, 6) is 0.128. The lowest BCUT2D eigenvalue weighted by atomic mass is 10.1. The van der Waals surface area contributed by atoms with Gasteiger partial charge in [0.1, 0.15) is 12.0 Å². The summed E-state index contributed by atoms with van der Waals surface area (Å²) in [5.41, 5.74) is 0.538. The van der Waals surface area contributed by atoms with Crippen molar-refractivity contribution >= 4 is 5.78 Å². The minimum absolute atomic E-state index is 0.128. The van der Waals surface area contributed by atoms with Crippen LogP contribution < -0.4 is 0 Å². The highest BCUT2D eigenvalue weighted by Gasteiger charge is 2.05. The van der Waals surface area contributed by atoms with Crippen LogP contribution in [0.2, 0.25) is 0 Å². The molecule has 0 unspecified atom stereocenters. The Morgan fingerprint density at radius 1 is 1.36 bits per heavy atom. The quantitative estimate of drug-likeness (QED) is 0.514. The normalized spacial score (nSPS) is 10.1. The Bertz CT molecular complexity index is 272. The number of aromatic nitrogens is 2. The Hall–Kier alpha value is -1.25. The van der Waals surface area contributed by atoms with Crippen LogP contribution in [0.4, 0.5) is 0 Å². The first kappa shape index (κ1) is 10.8. The van der Waals surface area contributed by atoms with Gasteiger partial charge >= 0.3 is 0 Å². The third kappa shape index (κ3) is 3.64. The van der Waals surface area contributed by atoms with Crippen molar-refractivity contribution in [3.63, 3.8) is 0 Å². The van der Waals surface area contributed by atoms with Crippen LogP contribution in [0.5, 0.6) is 0 Å². The topological polar surface area (TPSA) is 42.9 Å². The lowest BCUT2D eigenvalue weighted by Gasteiger charge is -1.98. The Morgan fingerprint density at radius 3 is 2.86 bits per heavy atom. The average molecular weight is 192 g/mol. The summed E-state index contributed by atoms with van der Waals surface area (Å²) < 4.78 is 0. The highest BCUT2D eigenvalue weighted by molar-refractivity contribution is 5.93. The number of nitrogens with zero attached hydrogens (tertiary/aromatic N) is 2. The molecule has 0 fully saturated rings. The largest absolute Gasteiger partial charge is 0.292 e. The van der Waals surface area contributed by atoms with E-state index in [9.17, 15) is 4.79 Å². The summed E-state index contributed by atoms with van der Waals surface area (Å²) in [4.78, 5) is 19.2. The molecular weight excluding hydrogens is 176 g/mol. The first-order chi connectivity index (χ1) is 6.84. The summed E-state index contributed by atoms with van der Waals surface area (Å²) >= 11 is 0. The molecule has 76 valence electrons. The lowest BCUT2D eigenvalue weighted by molar-refractivity contribution is 0.0974. The van der Waals surface area contributed by atoms with Crippen LogP contribution >= 0.6 is 0 Å². The fourth-order valence-corrected chi connectivity index (χ4v) is 1.30. The van der Waals surface area contributed by atoms with Gasteiger partial charge in [-0.1, -0.05) is 26.2 Å². The van der Waals surface area contributed by atoms with Gasteiger partial charge in [-0.2, -0.15) is 0 Å². The molecule has 3 nitrogen and oxygen atoms in total. The molecule has 3 heteroatoms. The number of carbonyl (C=O) groups is 1. The van der Waals surface area contributed by atoms with E-state index in [4.69, 9.17) is 0 Å². The zero-order valence-electron chi connectivity index (χ0n) is 8.57. The van der Waals surface area contributed by atoms with E-state index in [2.05, 4.69) is 16.9 Å². The van der Waals surface area contributed by atoms with Crippen LogP contribution in [0.3, 0.4) is 0 Å². The summed E-state index contributed by atoms with van der Waals surface area (Å²) in [6.45, 7) is 2.16. The smallest absolute Gasteiger partial charge is 0.181 e. The fraction of sp³-hybridized carbons (Fsp3) is 0.545. The van der Waals surface area contributed by atoms with Gasteiger partial charge in [-0.25, -0.2) is 9.97 Å². The molecule has 0 N–H and O–H groups in total. The molecule has 0 radical (unpaired) electrons. The summed E-state index contributed by atoms with van der Waals surface area (Å²) in [6.07, 6.45) is 8.13. The van der Waals surface area contributed by atoms with Gasteiger partial charge in [0.05, 0.1) is 0 Å². The Balaban J connectivity index is 2.29. The van der Waals surface area contributed by atoms with Gasteiger partial charge in [-0.15, -0.1) is 0 Å². The highest BCUT2D eigenvalue weighted by atomic mass is 16.1. The van der Waals surface area contributed by atoms with E-state index < -0.39 is 0 Å². The van der Waals surface area contributed by atoms with Crippen molar-refractivity contribution in [2.45, 2.75) is 39.0 Å². The Labute approximate surface area is 84.6 Å². The molecule has 1 heterocycles. The molecule has 1 rings (SSSR count). The summed E-state index contributed by atoms with van der Waals surface area (Å²) in [6, 6.07) is 1.67. The molecule has 1 aromatic heterocycles. The van der Waals surface area contributed by atoms with Gasteiger partial charge < -0.3 is 0 Å². The van der Waals surface area contributed by atoms with Crippen LogP contribution in [-0.2, 0) is 0 Å². The predicted octanol–water partition coefficient (Wildman–Crippen LogP) is 2.63. The molecule has 0 spiro atoms. The summed E-state index contributed by atoms with van der Waals surface area (Å²) in [5, 5.41) is 0. The van der Waals surface area contributed by atoms with E-state index in [-0.39, 0.29) is 5.78 Å². The first-order valence-corrected chi connectivity index (χ1v) is 5.13. The predicted molar refractivity (Wildman–Crippen MR) is 55.1 cm³/mol. The number of carbonyl (C=O) groups excluding carboxylic acids is 1. The zero-order valence-corrected chi connectivity index (χ0v) is 8.57. The maximum Gasteiger partial charge on any atom is 0.181 e. The number of unbranched alkanes of at least 4 members (excludes halogenated alkanes) is 3. The molecule has 1 aromatic rings. The van der Waals surface area contributed by atoms with E-state index in [0.29, 0.717) is 12.1 Å². The van der Waals surface area contributed by atoms with Crippen molar-refractivity contribution in [1.82, 2.24) is 9.97 Å². The minimum Gasteiger partial charge on any atom is -0.292 e. The van der Waals surface area contributed by atoms with E-state index in [1.165, 1.54) is 19.2 Å². The third-order valence-corrected chi connectivity index (χ3v) is 2.13. The second-order valence-corrected chi connectivity index (χ2v) is 3.33. The van der Waals surface area contributed by atoms with Gasteiger partial charge in [0.2, 0.25) is 0 Å². The van der Waals surface area contributed by atoms with Gasteiger partial charge in [0.15, 0.2) is 5.78 Å². The summed E-state index contributed by atoms with van der Waals surface area (Å²) in [7, 11) is 0. The standard InChI is InChI=1S/C11H16N2O/c1-2-3-4-5-6-11(14)10-7-8-12-9-13-10/h7-9H,2-6H2,1H3. The van der Waals surface area contributed by atoms with Crippen molar-refractivity contribution in [3.05, 3.63) is 24.3 Å². The minimum atomic E-state index is 0.128. The van der Waals surface area contributed by atoms with Crippen molar-refractivity contribution in [2.75, 3.05) is 0 Å². The molecule has 0 amide bonds. The van der Waals surface area contributed by atoms with Crippen LogP contribution in [0.1, 0.15) is 49.5 Å². The van der Waals surface area contributed by atoms with Crippen LogP contribution in [0.25, 0.3) is 0 Å². The number of Topliss-reactive ketones (excluding diaryl/α,β-unsaturated/α-hetero) is 1. The molecule has 0 aliphatic rings. The second-order valence-electron chi connectivity index (χ2n) is 3.33. The van der Waals surface area contributed by atoms with Gasteiger partial charge in [-0.3, -0.25) is 4.79 Å². The van der Waals surface area contributed by atoms with Gasteiger partial charge in [-0.05, 0) is 12.5 Å². The lowest BCUT2D eigenvalue weighted by Crippen LogP contribution is -2.01. The molecular formula is C11H16N2O. The Kier molecular flexibility index (Phi) is 4.83. The SMILES string of the molecule is CCCCCCC(=O)c1ccncn1. The number of hydrogen-bond acceptors (Lipinski definition) is 3. The molecule has 0 saturated heterocycles. The number of ketones is 1. The highest BCUT2D eigenvalue weighted by Crippen LogP contribution is 2.06. The van der Waals surface area contributed by atoms with Crippen molar-refractivity contribution < 1.29 is 4.79 Å². The van der Waals surface area contributed by atoms with E-state index in [1.54, 1.807) is 12.3 Å². The molecule has 0 bridgehead atoms. The maximum atomic E-state index is 11.5. The van der Waals surface area contributed by atoms with Crippen LogP contribution in [-0.4, -0.2) is 15.8 Å². The van der Waals surface area contributed by atoms with Gasteiger partial charge in [0.25, 0.3) is 0 Å². The molecule has 0 atom stereocenters. The molecule has 14 heavy (non-hydrogen) atoms. The number of rotatable bonds is 6. The van der Waals surface area contributed by atoms with E-state index in [1.807, 2.05) is 0 Å². The average Bonchev–Trinajstić information content (AvgIpc) is 2.25. The first-order valence-electron chi connectivity index (χ1n) is 5.13. The molecule has 0 aliphatic carbocycles. The van der Waals surface area contributed by atoms with E-state index >= 15 is 0 Å². The van der Waals surface area contributed by atoms with E-state index in [0.717, 1.165) is 12.8 Å². The van der Waals surface area contributed by atoms with Crippen molar-refractivity contribution in [3.8, 4) is 0 Å². The maximum absolute atomic E-state index is 11.5. The van der Waals surface area contributed by atoms with Crippen LogP contribution in [0, 0.1) is 0 Å². The monoisotopic (exact) mass is 192 g/mol. The third-order valence-electron chi connectivity index (χ3n) is 2.13. The second kappa shape index (κ2) is 6.24.